The topological polar surface area (TPSA) is 55.2 Å². The van der Waals surface area contributed by atoms with Crippen molar-refractivity contribution in [2.45, 2.75) is 91.4 Å². The molecule has 0 bridgehead atoms. The molecular weight excluding hydrogens is 398 g/mol. The number of aromatic nitrogens is 2. The Labute approximate surface area is 193 Å². The quantitative estimate of drug-likeness (QED) is 0.528. The summed E-state index contributed by atoms with van der Waals surface area (Å²) in [6.07, 6.45) is 11.7. The van der Waals surface area contributed by atoms with Crippen molar-refractivity contribution in [2.75, 3.05) is 13.1 Å². The zero-order valence-corrected chi connectivity index (χ0v) is 20.7. The number of aryl methyl sites for hydroxylation is 2. The van der Waals surface area contributed by atoms with E-state index in [1.165, 1.54) is 63.0 Å². The zero-order valence-electron chi connectivity index (χ0n) is 20.7. The van der Waals surface area contributed by atoms with Crippen LogP contribution < -0.4 is 0 Å². The first kappa shape index (κ1) is 24.5. The third-order valence-corrected chi connectivity index (χ3v) is 6.80. The first-order valence-electron chi connectivity index (χ1n) is 12.6. The number of nitrogens with zero attached hydrogens (tertiary/aromatic N) is 3. The lowest BCUT2D eigenvalue weighted by molar-refractivity contribution is -0.117. The van der Waals surface area contributed by atoms with Gasteiger partial charge in [-0.1, -0.05) is 58.9 Å². The zero-order chi connectivity index (χ0) is 23.3. The Kier molecular flexibility index (Phi) is 8.50. The van der Waals surface area contributed by atoms with Crippen molar-refractivity contribution >= 4 is 22.7 Å². The average molecular weight is 440 g/mol. The predicted molar refractivity (Wildman–Crippen MR) is 131 cm³/mol. The SMILES string of the molecule is CC1CCCCC1.CCCN(CC(C)=O)C(=O)c1nc2c(CC)cc(C3CC3)cc2n1C. The molecule has 4 rings (SSSR count). The van der Waals surface area contributed by atoms with E-state index in [1.54, 1.807) is 4.90 Å². The van der Waals surface area contributed by atoms with Crippen LogP contribution in [0, 0.1) is 5.92 Å². The van der Waals surface area contributed by atoms with Gasteiger partial charge in [-0.05, 0) is 61.6 Å². The van der Waals surface area contributed by atoms with Crippen molar-refractivity contribution in [3.63, 3.8) is 0 Å². The number of hydrogen-bond acceptors (Lipinski definition) is 3. The third kappa shape index (κ3) is 5.99. The molecule has 2 aromatic rings. The van der Waals surface area contributed by atoms with Crippen molar-refractivity contribution in [2.24, 2.45) is 13.0 Å². The third-order valence-electron chi connectivity index (χ3n) is 6.80. The van der Waals surface area contributed by atoms with Gasteiger partial charge in [0.1, 0.15) is 5.78 Å². The molecule has 32 heavy (non-hydrogen) atoms. The number of carbonyl (C=O) groups is 2. The number of carbonyl (C=O) groups excluding carboxylic acids is 2. The molecule has 2 aliphatic carbocycles. The lowest BCUT2D eigenvalue weighted by Gasteiger charge is -2.20. The molecular formula is C27H41N3O2. The number of fused-ring (bicyclic) bond motifs is 1. The van der Waals surface area contributed by atoms with Gasteiger partial charge in [0.25, 0.3) is 5.91 Å². The highest BCUT2D eigenvalue weighted by Crippen LogP contribution is 2.41. The van der Waals surface area contributed by atoms with Gasteiger partial charge in [0.05, 0.1) is 17.6 Å². The monoisotopic (exact) mass is 439 g/mol. The number of rotatable bonds is 7. The Morgan fingerprint density at radius 2 is 1.78 bits per heavy atom. The Morgan fingerprint density at radius 3 is 2.28 bits per heavy atom. The lowest BCUT2D eigenvalue weighted by atomic mass is 9.91. The number of benzene rings is 1. The van der Waals surface area contributed by atoms with E-state index in [4.69, 9.17) is 0 Å². The van der Waals surface area contributed by atoms with Gasteiger partial charge in [-0.15, -0.1) is 0 Å². The smallest absolute Gasteiger partial charge is 0.290 e. The molecule has 176 valence electrons. The Hall–Kier alpha value is -2.17. The summed E-state index contributed by atoms with van der Waals surface area (Å²) in [6, 6.07) is 4.44. The van der Waals surface area contributed by atoms with Crippen LogP contribution in [0.1, 0.15) is 107 Å². The lowest BCUT2D eigenvalue weighted by Crippen LogP contribution is -2.37. The fourth-order valence-corrected chi connectivity index (χ4v) is 4.73. The van der Waals surface area contributed by atoms with Crippen molar-refractivity contribution in [3.05, 3.63) is 29.1 Å². The van der Waals surface area contributed by atoms with Gasteiger partial charge in [-0.25, -0.2) is 4.98 Å². The highest BCUT2D eigenvalue weighted by atomic mass is 16.2. The number of Topliss-reactive ketones (excluding diaryl/α,β-unsaturated/α-hetero) is 1. The fraction of sp³-hybridized carbons (Fsp3) is 0.667. The van der Waals surface area contributed by atoms with Gasteiger partial charge in [0.2, 0.25) is 0 Å². The summed E-state index contributed by atoms with van der Waals surface area (Å²) in [5, 5.41) is 0. The molecule has 5 heteroatoms. The largest absolute Gasteiger partial charge is 0.329 e. The van der Waals surface area contributed by atoms with Crippen LogP contribution in [-0.2, 0) is 18.3 Å². The predicted octanol–water partition coefficient (Wildman–Crippen LogP) is 6.04. The second kappa shape index (κ2) is 11.1. The summed E-state index contributed by atoms with van der Waals surface area (Å²) in [5.74, 6) is 1.95. The van der Waals surface area contributed by atoms with Crippen LogP contribution in [0.5, 0.6) is 0 Å². The molecule has 2 aliphatic rings. The fourth-order valence-electron chi connectivity index (χ4n) is 4.73. The minimum Gasteiger partial charge on any atom is -0.329 e. The maximum Gasteiger partial charge on any atom is 0.290 e. The Balaban J connectivity index is 0.000000352. The van der Waals surface area contributed by atoms with E-state index in [0.717, 1.165) is 29.8 Å². The molecule has 0 atom stereocenters. The second-order valence-electron chi connectivity index (χ2n) is 9.84. The first-order chi connectivity index (χ1) is 15.3. The number of hydrogen-bond donors (Lipinski definition) is 0. The van der Waals surface area contributed by atoms with Crippen LogP contribution in [0.4, 0.5) is 0 Å². The van der Waals surface area contributed by atoms with Gasteiger partial charge in [0.15, 0.2) is 5.82 Å². The molecule has 1 heterocycles. The minimum absolute atomic E-state index is 0.00849. The number of amides is 1. The van der Waals surface area contributed by atoms with Gasteiger partial charge in [0, 0.05) is 13.6 Å². The number of ketones is 1. The highest BCUT2D eigenvalue weighted by molar-refractivity contribution is 5.97. The average Bonchev–Trinajstić information content (AvgIpc) is 3.57. The summed E-state index contributed by atoms with van der Waals surface area (Å²) >= 11 is 0. The molecule has 1 aromatic carbocycles. The summed E-state index contributed by atoms with van der Waals surface area (Å²) in [7, 11) is 1.90. The first-order valence-corrected chi connectivity index (χ1v) is 12.6. The van der Waals surface area contributed by atoms with Crippen LogP contribution in [0.2, 0.25) is 0 Å². The number of imidazole rings is 1. The Morgan fingerprint density at radius 1 is 1.09 bits per heavy atom. The molecule has 2 fully saturated rings. The van der Waals surface area contributed by atoms with Gasteiger partial charge in [-0.2, -0.15) is 0 Å². The van der Waals surface area contributed by atoms with Crippen molar-refractivity contribution in [1.29, 1.82) is 0 Å². The van der Waals surface area contributed by atoms with Crippen LogP contribution >= 0.6 is 0 Å². The molecule has 0 aliphatic heterocycles. The molecule has 0 radical (unpaired) electrons. The van der Waals surface area contributed by atoms with Crippen molar-refractivity contribution < 1.29 is 9.59 Å². The van der Waals surface area contributed by atoms with Crippen molar-refractivity contribution in [3.8, 4) is 0 Å². The van der Waals surface area contributed by atoms with Gasteiger partial charge >= 0.3 is 0 Å². The summed E-state index contributed by atoms with van der Waals surface area (Å²) < 4.78 is 1.89. The van der Waals surface area contributed by atoms with Gasteiger partial charge in [-0.3, -0.25) is 9.59 Å². The van der Waals surface area contributed by atoms with E-state index in [1.807, 2.05) is 18.5 Å². The molecule has 1 aromatic heterocycles. The van der Waals surface area contributed by atoms with E-state index in [2.05, 4.69) is 31.0 Å². The molecule has 0 spiro atoms. The summed E-state index contributed by atoms with van der Waals surface area (Å²) in [4.78, 5) is 30.8. The molecule has 0 N–H and O–H groups in total. The van der Waals surface area contributed by atoms with Crippen LogP contribution in [-0.4, -0.2) is 39.2 Å². The van der Waals surface area contributed by atoms with E-state index >= 15 is 0 Å². The van der Waals surface area contributed by atoms with Gasteiger partial charge < -0.3 is 9.47 Å². The molecule has 0 unspecified atom stereocenters. The van der Waals surface area contributed by atoms with E-state index in [0.29, 0.717) is 18.3 Å². The summed E-state index contributed by atoms with van der Waals surface area (Å²) in [5.41, 5.74) is 4.49. The second-order valence-corrected chi connectivity index (χ2v) is 9.84. The standard InChI is InChI=1S/C20H27N3O2.C7H14/c1-5-9-23(12-13(3)24)20(25)19-21-18-14(6-2)10-16(15-7-8-15)11-17(18)22(19)4;1-7-5-3-2-4-6-7/h10-11,15H,5-9,12H2,1-4H3;7H,2-6H2,1H3. The van der Waals surface area contributed by atoms with Crippen LogP contribution in [0.15, 0.2) is 12.1 Å². The normalized spacial score (nSPS) is 16.5. The minimum atomic E-state index is -0.161. The molecule has 2 saturated carbocycles. The molecule has 5 nitrogen and oxygen atoms in total. The summed E-state index contributed by atoms with van der Waals surface area (Å²) in [6.45, 7) is 8.72. The van der Waals surface area contributed by atoms with E-state index < -0.39 is 0 Å². The Bertz CT molecular complexity index is 936. The van der Waals surface area contributed by atoms with Crippen LogP contribution in [0.3, 0.4) is 0 Å². The van der Waals surface area contributed by atoms with E-state index in [-0.39, 0.29) is 18.2 Å². The molecule has 1 amide bonds. The highest BCUT2D eigenvalue weighted by Gasteiger charge is 2.27. The van der Waals surface area contributed by atoms with E-state index in [9.17, 15) is 9.59 Å². The molecule has 0 saturated heterocycles. The van der Waals surface area contributed by atoms with Crippen molar-refractivity contribution in [1.82, 2.24) is 14.5 Å². The van der Waals surface area contributed by atoms with Crippen LogP contribution in [0.25, 0.3) is 11.0 Å². The maximum atomic E-state index is 13.0. The maximum absolute atomic E-state index is 13.0.